The van der Waals surface area contributed by atoms with Crippen LogP contribution in [-0.2, 0) is 6.54 Å². The van der Waals surface area contributed by atoms with Gasteiger partial charge in [0.05, 0.1) is 6.54 Å². The second-order valence-electron chi connectivity index (χ2n) is 3.01. The number of aryl methyl sites for hydroxylation is 1. The Morgan fingerprint density at radius 3 is 2.93 bits per heavy atom. The van der Waals surface area contributed by atoms with Crippen molar-refractivity contribution in [3.63, 3.8) is 0 Å². The first-order chi connectivity index (χ1) is 6.75. The summed E-state index contributed by atoms with van der Waals surface area (Å²) < 4.78 is 9.14. The highest BCUT2D eigenvalue weighted by atomic mass is 32.1. The van der Waals surface area contributed by atoms with E-state index in [1.165, 1.54) is 11.5 Å². The van der Waals surface area contributed by atoms with E-state index in [1.807, 2.05) is 31.0 Å². The van der Waals surface area contributed by atoms with E-state index in [9.17, 15) is 0 Å². The molecule has 0 bridgehead atoms. The molecule has 0 radical (unpaired) electrons. The van der Waals surface area contributed by atoms with Gasteiger partial charge in [-0.25, -0.2) is 0 Å². The largest absolute Gasteiger partial charge is 0.464 e. The third-order valence-electron chi connectivity index (χ3n) is 1.80. The van der Waals surface area contributed by atoms with Gasteiger partial charge in [0.2, 0.25) is 5.13 Å². The smallest absolute Gasteiger partial charge is 0.228 e. The van der Waals surface area contributed by atoms with Crippen molar-refractivity contribution >= 4 is 16.7 Å². The highest BCUT2D eigenvalue weighted by Gasteiger charge is 2.08. The van der Waals surface area contributed by atoms with Gasteiger partial charge in [-0.05, 0) is 24.3 Å². The average molecular weight is 210 g/mol. The lowest BCUT2D eigenvalue weighted by Crippen LogP contribution is -2.15. The van der Waals surface area contributed by atoms with Crippen LogP contribution in [0.1, 0.15) is 11.5 Å². The van der Waals surface area contributed by atoms with Crippen molar-refractivity contribution in [2.75, 3.05) is 11.9 Å². The molecule has 2 heterocycles. The van der Waals surface area contributed by atoms with Crippen LogP contribution >= 0.6 is 11.5 Å². The molecule has 0 unspecified atom stereocenters. The van der Waals surface area contributed by atoms with Gasteiger partial charge in [0.1, 0.15) is 11.5 Å². The van der Waals surface area contributed by atoms with E-state index in [2.05, 4.69) is 14.8 Å². The molecule has 2 aromatic heterocycles. The molecule has 0 aromatic carbocycles. The van der Waals surface area contributed by atoms with Gasteiger partial charge in [-0.15, -0.1) is 0 Å². The third-order valence-corrected chi connectivity index (χ3v) is 2.52. The van der Waals surface area contributed by atoms with E-state index in [0.717, 1.165) is 16.7 Å². The van der Waals surface area contributed by atoms with Crippen molar-refractivity contribution in [3.8, 4) is 0 Å². The summed E-state index contributed by atoms with van der Waals surface area (Å²) in [5, 5.41) is 8.19. The first-order valence-electron chi connectivity index (χ1n) is 4.17. The van der Waals surface area contributed by atoms with Gasteiger partial charge < -0.3 is 9.32 Å². The van der Waals surface area contributed by atoms with Crippen molar-refractivity contribution in [2.45, 2.75) is 13.5 Å². The quantitative estimate of drug-likeness (QED) is 0.767. The fourth-order valence-corrected chi connectivity index (χ4v) is 1.57. The molecule has 0 saturated heterocycles. The molecule has 2 aromatic rings. The van der Waals surface area contributed by atoms with Crippen LogP contribution in [0.15, 0.2) is 16.5 Å². The predicted octanol–water partition coefficient (Wildman–Crippen LogP) is 1.47. The average Bonchev–Trinajstić information content (AvgIpc) is 2.75. The first kappa shape index (κ1) is 9.14. The minimum absolute atomic E-state index is 0.685. The lowest BCUT2D eigenvalue weighted by molar-refractivity contribution is 0.481. The standard InChI is InChI=1S/C8H10N4OS/c1-6-3-4-7(13-6)5-12(2)8-9-10-11-14-8/h3-4H,5H2,1-2H3. The molecule has 6 heteroatoms. The molecule has 0 saturated carbocycles. The zero-order chi connectivity index (χ0) is 9.97. The van der Waals surface area contributed by atoms with Gasteiger partial charge in [-0.1, -0.05) is 9.59 Å². The molecule has 0 aliphatic heterocycles. The molecule has 0 aliphatic carbocycles. The highest BCUT2D eigenvalue weighted by molar-refractivity contribution is 7.09. The van der Waals surface area contributed by atoms with E-state index in [-0.39, 0.29) is 0 Å². The van der Waals surface area contributed by atoms with Crippen molar-refractivity contribution in [2.24, 2.45) is 0 Å². The maximum atomic E-state index is 5.45. The van der Waals surface area contributed by atoms with E-state index in [4.69, 9.17) is 4.42 Å². The molecule has 0 fully saturated rings. The Morgan fingerprint density at radius 1 is 1.50 bits per heavy atom. The molecule has 5 nitrogen and oxygen atoms in total. The molecule has 0 N–H and O–H groups in total. The van der Waals surface area contributed by atoms with Crippen LogP contribution in [0.5, 0.6) is 0 Å². The summed E-state index contributed by atoms with van der Waals surface area (Å²) in [4.78, 5) is 1.95. The molecular formula is C8H10N4OS. The van der Waals surface area contributed by atoms with Gasteiger partial charge in [-0.2, -0.15) is 0 Å². The van der Waals surface area contributed by atoms with E-state index < -0.39 is 0 Å². The second-order valence-corrected chi connectivity index (χ2v) is 3.72. The minimum Gasteiger partial charge on any atom is -0.464 e. The summed E-state index contributed by atoms with van der Waals surface area (Å²) in [6.07, 6.45) is 0. The van der Waals surface area contributed by atoms with E-state index >= 15 is 0 Å². The zero-order valence-corrected chi connectivity index (χ0v) is 8.78. The summed E-state index contributed by atoms with van der Waals surface area (Å²) >= 11 is 1.27. The van der Waals surface area contributed by atoms with E-state index in [1.54, 1.807) is 0 Å². The van der Waals surface area contributed by atoms with Crippen molar-refractivity contribution < 1.29 is 4.42 Å². The fraction of sp³-hybridized carbons (Fsp3) is 0.375. The Bertz CT molecular complexity index is 397. The topological polar surface area (TPSA) is 55.1 Å². The van der Waals surface area contributed by atoms with Crippen LogP contribution < -0.4 is 4.90 Å². The normalized spacial score (nSPS) is 10.4. The van der Waals surface area contributed by atoms with Crippen molar-refractivity contribution in [1.29, 1.82) is 0 Å². The molecule has 0 spiro atoms. The van der Waals surface area contributed by atoms with Crippen LogP contribution in [0.3, 0.4) is 0 Å². The summed E-state index contributed by atoms with van der Waals surface area (Å²) in [7, 11) is 1.93. The first-order valence-corrected chi connectivity index (χ1v) is 4.94. The number of nitrogens with zero attached hydrogens (tertiary/aromatic N) is 4. The third kappa shape index (κ3) is 1.90. The molecule has 14 heavy (non-hydrogen) atoms. The Labute approximate surface area is 85.5 Å². The summed E-state index contributed by atoms with van der Waals surface area (Å²) in [6.45, 7) is 2.61. The van der Waals surface area contributed by atoms with Crippen molar-refractivity contribution in [1.82, 2.24) is 14.8 Å². The summed E-state index contributed by atoms with van der Waals surface area (Å²) in [6, 6.07) is 3.90. The highest BCUT2D eigenvalue weighted by Crippen LogP contribution is 2.15. The van der Waals surface area contributed by atoms with Crippen LogP contribution in [-0.4, -0.2) is 21.8 Å². The maximum Gasteiger partial charge on any atom is 0.228 e. The van der Waals surface area contributed by atoms with Crippen LogP contribution in [0.4, 0.5) is 5.13 Å². The van der Waals surface area contributed by atoms with Gasteiger partial charge in [-0.3, -0.25) is 0 Å². The van der Waals surface area contributed by atoms with Gasteiger partial charge in [0.15, 0.2) is 0 Å². The number of rotatable bonds is 3. The summed E-state index contributed by atoms with van der Waals surface area (Å²) in [5.74, 6) is 1.84. The molecule has 0 amide bonds. The molecule has 0 atom stereocenters. The number of aromatic nitrogens is 3. The lowest BCUT2D eigenvalue weighted by Gasteiger charge is -2.11. The number of hydrogen-bond acceptors (Lipinski definition) is 6. The molecular weight excluding hydrogens is 200 g/mol. The SMILES string of the molecule is Cc1ccc(CN(C)c2nnns2)o1. The van der Waals surface area contributed by atoms with Crippen molar-refractivity contribution in [3.05, 3.63) is 23.7 Å². The second kappa shape index (κ2) is 3.75. The molecule has 74 valence electrons. The predicted molar refractivity (Wildman–Crippen MR) is 53.3 cm³/mol. The number of furan rings is 1. The number of anilines is 1. The monoisotopic (exact) mass is 210 g/mol. The Balaban J connectivity index is 2.05. The fourth-order valence-electron chi connectivity index (χ4n) is 1.15. The van der Waals surface area contributed by atoms with E-state index in [0.29, 0.717) is 6.54 Å². The van der Waals surface area contributed by atoms with Gasteiger partial charge in [0.25, 0.3) is 0 Å². The zero-order valence-electron chi connectivity index (χ0n) is 7.97. The number of hydrogen-bond donors (Lipinski definition) is 0. The molecule has 2 rings (SSSR count). The molecule has 0 aliphatic rings. The Morgan fingerprint density at radius 2 is 2.36 bits per heavy atom. The van der Waals surface area contributed by atoms with Crippen LogP contribution in [0.2, 0.25) is 0 Å². The minimum atomic E-state index is 0.685. The maximum absolute atomic E-state index is 5.45. The Hall–Kier alpha value is -1.43. The Kier molecular flexibility index (Phi) is 2.45. The lowest BCUT2D eigenvalue weighted by atomic mass is 10.4. The van der Waals surface area contributed by atoms with Crippen LogP contribution in [0.25, 0.3) is 0 Å². The summed E-state index contributed by atoms with van der Waals surface area (Å²) in [5.41, 5.74) is 0. The van der Waals surface area contributed by atoms with Gasteiger partial charge >= 0.3 is 0 Å². The van der Waals surface area contributed by atoms with Gasteiger partial charge in [0, 0.05) is 18.6 Å². The van der Waals surface area contributed by atoms with Crippen LogP contribution in [0, 0.1) is 6.92 Å².